The predicted octanol–water partition coefficient (Wildman–Crippen LogP) is 2.38. The van der Waals surface area contributed by atoms with Crippen molar-refractivity contribution < 1.29 is 0 Å². The maximum absolute atomic E-state index is 6.22. The van der Waals surface area contributed by atoms with Crippen molar-refractivity contribution in [2.45, 2.75) is 57.9 Å². The summed E-state index contributed by atoms with van der Waals surface area (Å²) < 4.78 is 0. The molecule has 2 heteroatoms. The normalized spacial score (nSPS) is 26.6. The summed E-state index contributed by atoms with van der Waals surface area (Å²) in [6.07, 6.45) is 7.91. The third-order valence-electron chi connectivity index (χ3n) is 3.82. The first-order valence-electron chi connectivity index (χ1n) is 6.51. The number of likely N-dealkylation sites (tertiary alicyclic amines) is 1. The van der Waals surface area contributed by atoms with Gasteiger partial charge in [-0.2, -0.15) is 0 Å². The summed E-state index contributed by atoms with van der Waals surface area (Å²) in [6.45, 7) is 8.62. The monoisotopic (exact) mass is 210 g/mol. The summed E-state index contributed by atoms with van der Waals surface area (Å²) in [4.78, 5) is 2.63. The molecule has 0 amide bonds. The zero-order valence-electron chi connectivity index (χ0n) is 10.4. The van der Waals surface area contributed by atoms with Gasteiger partial charge in [0.05, 0.1) is 0 Å². The molecule has 0 bridgehead atoms. The van der Waals surface area contributed by atoms with Crippen molar-refractivity contribution in [3.8, 4) is 0 Å². The fourth-order valence-electron chi connectivity index (χ4n) is 3.07. The first-order chi connectivity index (χ1) is 6.99. The molecule has 2 N–H and O–H groups in total. The summed E-state index contributed by atoms with van der Waals surface area (Å²) >= 11 is 0. The minimum atomic E-state index is 0.208. The number of hydrogen-bond donors (Lipinski definition) is 1. The Hall–Kier alpha value is -0.0800. The molecule has 0 atom stereocenters. The third-order valence-corrected chi connectivity index (χ3v) is 3.82. The van der Waals surface area contributed by atoms with Gasteiger partial charge in [0, 0.05) is 12.1 Å². The number of nitrogens with zero attached hydrogens (tertiary/aromatic N) is 1. The van der Waals surface area contributed by atoms with E-state index in [2.05, 4.69) is 18.7 Å². The molecule has 1 saturated carbocycles. The molecule has 0 radical (unpaired) electrons. The lowest BCUT2D eigenvalue weighted by Gasteiger charge is -2.36. The SMILES string of the molecule is CC(C)(CN1CCCCC1)CC1(N)CC1. The number of rotatable bonds is 4. The van der Waals surface area contributed by atoms with Crippen LogP contribution in [0.5, 0.6) is 0 Å². The van der Waals surface area contributed by atoms with Crippen LogP contribution in [0.15, 0.2) is 0 Å². The van der Waals surface area contributed by atoms with E-state index < -0.39 is 0 Å². The summed E-state index contributed by atoms with van der Waals surface area (Å²) in [5.74, 6) is 0. The Kier molecular flexibility index (Phi) is 3.09. The van der Waals surface area contributed by atoms with Crippen LogP contribution in [0.4, 0.5) is 0 Å². The topological polar surface area (TPSA) is 29.3 Å². The van der Waals surface area contributed by atoms with E-state index in [0.29, 0.717) is 5.41 Å². The molecule has 0 aromatic carbocycles. The molecule has 0 unspecified atom stereocenters. The van der Waals surface area contributed by atoms with Gasteiger partial charge in [-0.25, -0.2) is 0 Å². The van der Waals surface area contributed by atoms with Crippen molar-refractivity contribution in [1.29, 1.82) is 0 Å². The molecule has 1 aliphatic heterocycles. The van der Waals surface area contributed by atoms with Gasteiger partial charge in [0.2, 0.25) is 0 Å². The molecule has 2 rings (SSSR count). The van der Waals surface area contributed by atoms with E-state index in [1.165, 1.54) is 58.2 Å². The fourth-order valence-corrected chi connectivity index (χ4v) is 3.07. The molecule has 0 spiro atoms. The zero-order chi connectivity index (χ0) is 10.9. The van der Waals surface area contributed by atoms with E-state index >= 15 is 0 Å². The van der Waals surface area contributed by atoms with Crippen LogP contribution >= 0.6 is 0 Å². The summed E-state index contributed by atoms with van der Waals surface area (Å²) in [7, 11) is 0. The Morgan fingerprint density at radius 2 is 1.73 bits per heavy atom. The van der Waals surface area contributed by atoms with Gasteiger partial charge in [-0.15, -0.1) is 0 Å². The highest BCUT2D eigenvalue weighted by molar-refractivity contribution is 5.02. The Morgan fingerprint density at radius 1 is 1.13 bits per heavy atom. The van der Waals surface area contributed by atoms with E-state index in [4.69, 9.17) is 5.73 Å². The highest BCUT2D eigenvalue weighted by Gasteiger charge is 2.42. The molecular weight excluding hydrogens is 184 g/mol. The smallest absolute Gasteiger partial charge is 0.0161 e. The molecule has 1 aliphatic carbocycles. The van der Waals surface area contributed by atoms with Crippen LogP contribution in [-0.4, -0.2) is 30.1 Å². The first kappa shape index (κ1) is 11.4. The van der Waals surface area contributed by atoms with Crippen LogP contribution in [0.1, 0.15) is 52.4 Å². The molecule has 0 aromatic rings. The summed E-state index contributed by atoms with van der Waals surface area (Å²) in [5.41, 5.74) is 6.83. The second-order valence-corrected chi connectivity index (χ2v) is 6.54. The molecule has 88 valence electrons. The maximum Gasteiger partial charge on any atom is 0.0161 e. The van der Waals surface area contributed by atoms with Crippen LogP contribution in [0.2, 0.25) is 0 Å². The van der Waals surface area contributed by atoms with E-state index in [9.17, 15) is 0 Å². The van der Waals surface area contributed by atoms with Crippen molar-refractivity contribution in [1.82, 2.24) is 4.90 Å². The Morgan fingerprint density at radius 3 is 2.27 bits per heavy atom. The lowest BCUT2D eigenvalue weighted by Crippen LogP contribution is -2.41. The minimum absolute atomic E-state index is 0.208. The molecular formula is C13H26N2. The second kappa shape index (κ2) is 4.06. The Bertz CT molecular complexity index is 213. The van der Waals surface area contributed by atoms with Gasteiger partial charge in [-0.1, -0.05) is 20.3 Å². The predicted molar refractivity (Wildman–Crippen MR) is 64.8 cm³/mol. The molecule has 0 aromatic heterocycles. The summed E-state index contributed by atoms with van der Waals surface area (Å²) in [6, 6.07) is 0. The van der Waals surface area contributed by atoms with Crippen LogP contribution < -0.4 is 5.73 Å². The lowest BCUT2D eigenvalue weighted by atomic mass is 9.83. The minimum Gasteiger partial charge on any atom is -0.325 e. The molecule has 2 fully saturated rings. The van der Waals surface area contributed by atoms with Crippen LogP contribution in [0.25, 0.3) is 0 Å². The van der Waals surface area contributed by atoms with Gasteiger partial charge < -0.3 is 10.6 Å². The van der Waals surface area contributed by atoms with Crippen molar-refractivity contribution in [2.75, 3.05) is 19.6 Å². The van der Waals surface area contributed by atoms with Crippen LogP contribution in [0.3, 0.4) is 0 Å². The molecule has 2 nitrogen and oxygen atoms in total. The van der Waals surface area contributed by atoms with E-state index in [1.54, 1.807) is 0 Å². The van der Waals surface area contributed by atoms with E-state index in [0.717, 1.165) is 0 Å². The second-order valence-electron chi connectivity index (χ2n) is 6.54. The third kappa shape index (κ3) is 3.46. The average Bonchev–Trinajstić information content (AvgIpc) is 2.82. The van der Waals surface area contributed by atoms with Crippen LogP contribution in [-0.2, 0) is 0 Å². The van der Waals surface area contributed by atoms with Crippen molar-refractivity contribution >= 4 is 0 Å². The lowest BCUT2D eigenvalue weighted by molar-refractivity contribution is 0.137. The maximum atomic E-state index is 6.22. The van der Waals surface area contributed by atoms with Crippen molar-refractivity contribution in [3.63, 3.8) is 0 Å². The van der Waals surface area contributed by atoms with Crippen LogP contribution in [0, 0.1) is 5.41 Å². The molecule has 1 saturated heterocycles. The Balaban J connectivity index is 1.80. The average molecular weight is 210 g/mol. The fraction of sp³-hybridized carbons (Fsp3) is 1.00. The van der Waals surface area contributed by atoms with Gasteiger partial charge in [0.1, 0.15) is 0 Å². The van der Waals surface area contributed by atoms with E-state index in [1.807, 2.05) is 0 Å². The van der Waals surface area contributed by atoms with Gasteiger partial charge in [0.15, 0.2) is 0 Å². The highest BCUT2D eigenvalue weighted by atomic mass is 15.1. The van der Waals surface area contributed by atoms with Gasteiger partial charge in [-0.3, -0.25) is 0 Å². The number of nitrogens with two attached hydrogens (primary N) is 1. The largest absolute Gasteiger partial charge is 0.325 e. The number of piperidine rings is 1. The first-order valence-corrected chi connectivity index (χ1v) is 6.51. The molecule has 1 heterocycles. The van der Waals surface area contributed by atoms with Crippen molar-refractivity contribution in [3.05, 3.63) is 0 Å². The highest BCUT2D eigenvalue weighted by Crippen LogP contribution is 2.42. The number of hydrogen-bond acceptors (Lipinski definition) is 2. The zero-order valence-corrected chi connectivity index (χ0v) is 10.4. The van der Waals surface area contributed by atoms with Gasteiger partial charge in [0.25, 0.3) is 0 Å². The summed E-state index contributed by atoms with van der Waals surface area (Å²) in [5, 5.41) is 0. The molecule has 2 aliphatic rings. The van der Waals surface area contributed by atoms with Gasteiger partial charge >= 0.3 is 0 Å². The standard InChI is InChI=1S/C13H26N2/c1-12(2,10-13(14)6-7-13)11-15-8-4-3-5-9-15/h3-11,14H2,1-2H3. The quantitative estimate of drug-likeness (QED) is 0.772. The molecule has 15 heavy (non-hydrogen) atoms. The Labute approximate surface area is 94.2 Å². The van der Waals surface area contributed by atoms with Crippen molar-refractivity contribution in [2.24, 2.45) is 11.1 Å². The van der Waals surface area contributed by atoms with E-state index in [-0.39, 0.29) is 5.54 Å². The van der Waals surface area contributed by atoms with Gasteiger partial charge in [-0.05, 0) is 50.6 Å².